The monoisotopic (exact) mass is 278 g/mol. The third-order valence-corrected chi connectivity index (χ3v) is 3.62. The van der Waals surface area contributed by atoms with Crippen molar-refractivity contribution in [2.45, 2.75) is 6.42 Å². The van der Waals surface area contributed by atoms with Gasteiger partial charge in [0, 0.05) is 24.7 Å². The van der Waals surface area contributed by atoms with Gasteiger partial charge in [-0.1, -0.05) is 0 Å². The average Bonchev–Trinajstić information content (AvgIpc) is 3.01. The number of nitrogens with zero attached hydrogens (tertiary/aromatic N) is 2. The van der Waals surface area contributed by atoms with Crippen LogP contribution in [0.5, 0.6) is 5.75 Å². The van der Waals surface area contributed by atoms with Crippen molar-refractivity contribution in [3.05, 3.63) is 59.2 Å². The number of amides is 1. The molecular weight excluding hydrogens is 264 g/mol. The Kier molecular flexibility index (Phi) is 3.33. The quantitative estimate of drug-likeness (QED) is 0.848. The third kappa shape index (κ3) is 2.46. The van der Waals surface area contributed by atoms with E-state index in [9.17, 15) is 4.79 Å². The molecule has 1 heterocycles. The lowest BCUT2D eigenvalue weighted by Gasteiger charge is -2.17. The zero-order valence-electron chi connectivity index (χ0n) is 11.7. The van der Waals surface area contributed by atoms with Gasteiger partial charge in [-0.2, -0.15) is 5.26 Å². The fourth-order valence-corrected chi connectivity index (χ4v) is 2.39. The number of ether oxygens (including phenoxy) is 1. The largest absolute Gasteiger partial charge is 0.493 e. The topological polar surface area (TPSA) is 53.3 Å². The standard InChI is InChI=1S/C17H14N2O2/c1-19(15-5-2-12(11-18)3-6-15)17(20)14-4-7-16-13(10-14)8-9-21-16/h2-7,10H,8-9H2,1H3. The Morgan fingerprint density at radius 2 is 2.00 bits per heavy atom. The van der Waals surface area contributed by atoms with Crippen LogP contribution in [0.2, 0.25) is 0 Å². The zero-order valence-corrected chi connectivity index (χ0v) is 11.7. The van der Waals surface area contributed by atoms with Crippen molar-refractivity contribution in [1.82, 2.24) is 0 Å². The Labute approximate surface area is 123 Å². The van der Waals surface area contributed by atoms with Gasteiger partial charge in [-0.15, -0.1) is 0 Å². The van der Waals surface area contributed by atoms with Crippen LogP contribution in [0.1, 0.15) is 21.5 Å². The number of nitriles is 1. The van der Waals surface area contributed by atoms with Crippen molar-refractivity contribution in [3.63, 3.8) is 0 Å². The van der Waals surface area contributed by atoms with Crippen LogP contribution in [0.25, 0.3) is 0 Å². The number of benzene rings is 2. The lowest BCUT2D eigenvalue weighted by Crippen LogP contribution is -2.26. The number of carbonyl (C=O) groups is 1. The molecule has 0 aromatic heterocycles. The maximum Gasteiger partial charge on any atom is 0.258 e. The number of hydrogen-bond acceptors (Lipinski definition) is 3. The summed E-state index contributed by atoms with van der Waals surface area (Å²) in [5, 5.41) is 8.80. The molecule has 0 saturated carbocycles. The summed E-state index contributed by atoms with van der Waals surface area (Å²) in [6, 6.07) is 14.5. The first-order valence-corrected chi connectivity index (χ1v) is 6.73. The van der Waals surface area contributed by atoms with E-state index in [2.05, 4.69) is 6.07 Å². The van der Waals surface area contributed by atoms with Gasteiger partial charge in [0.15, 0.2) is 0 Å². The molecule has 1 aliphatic rings. The second-order valence-electron chi connectivity index (χ2n) is 4.94. The molecule has 0 fully saturated rings. The Morgan fingerprint density at radius 3 is 2.71 bits per heavy atom. The van der Waals surface area contributed by atoms with Crippen molar-refractivity contribution in [2.75, 3.05) is 18.6 Å². The Morgan fingerprint density at radius 1 is 1.24 bits per heavy atom. The molecule has 4 heteroatoms. The molecule has 0 spiro atoms. The molecule has 0 atom stereocenters. The van der Waals surface area contributed by atoms with Crippen LogP contribution in [0, 0.1) is 11.3 Å². The molecule has 1 amide bonds. The van der Waals surface area contributed by atoms with Crippen molar-refractivity contribution in [2.24, 2.45) is 0 Å². The summed E-state index contributed by atoms with van der Waals surface area (Å²) in [6.07, 6.45) is 0.844. The van der Waals surface area contributed by atoms with E-state index in [1.54, 1.807) is 42.3 Å². The van der Waals surface area contributed by atoms with Gasteiger partial charge in [-0.05, 0) is 48.0 Å². The van der Waals surface area contributed by atoms with E-state index in [1.807, 2.05) is 12.1 Å². The number of anilines is 1. The van der Waals surface area contributed by atoms with Crippen LogP contribution >= 0.6 is 0 Å². The first kappa shape index (κ1) is 13.2. The van der Waals surface area contributed by atoms with E-state index >= 15 is 0 Å². The van der Waals surface area contributed by atoms with E-state index in [0.29, 0.717) is 17.7 Å². The highest BCUT2D eigenvalue weighted by Crippen LogP contribution is 2.27. The fourth-order valence-electron chi connectivity index (χ4n) is 2.39. The molecule has 0 unspecified atom stereocenters. The molecule has 1 aliphatic heterocycles. The number of carbonyl (C=O) groups excluding carboxylic acids is 1. The van der Waals surface area contributed by atoms with E-state index in [0.717, 1.165) is 23.4 Å². The minimum Gasteiger partial charge on any atom is -0.493 e. The van der Waals surface area contributed by atoms with Crippen molar-refractivity contribution >= 4 is 11.6 Å². The van der Waals surface area contributed by atoms with Crippen LogP contribution in [0.15, 0.2) is 42.5 Å². The van der Waals surface area contributed by atoms with E-state index in [1.165, 1.54) is 0 Å². The van der Waals surface area contributed by atoms with Crippen LogP contribution in [-0.4, -0.2) is 19.6 Å². The molecule has 2 aromatic rings. The molecule has 0 N–H and O–H groups in total. The summed E-state index contributed by atoms with van der Waals surface area (Å²) in [5.41, 5.74) is 3.06. The molecule has 104 valence electrons. The lowest BCUT2D eigenvalue weighted by atomic mass is 10.1. The first-order chi connectivity index (χ1) is 10.2. The average molecular weight is 278 g/mol. The Bertz CT molecular complexity index is 729. The summed E-state index contributed by atoms with van der Waals surface area (Å²) in [6.45, 7) is 0.679. The van der Waals surface area contributed by atoms with Crippen molar-refractivity contribution < 1.29 is 9.53 Å². The smallest absolute Gasteiger partial charge is 0.258 e. The highest BCUT2D eigenvalue weighted by molar-refractivity contribution is 6.06. The molecule has 0 aliphatic carbocycles. The third-order valence-electron chi connectivity index (χ3n) is 3.62. The zero-order chi connectivity index (χ0) is 14.8. The van der Waals surface area contributed by atoms with Crippen LogP contribution in [0.3, 0.4) is 0 Å². The Balaban J connectivity index is 1.85. The summed E-state index contributed by atoms with van der Waals surface area (Å²) < 4.78 is 5.45. The molecule has 21 heavy (non-hydrogen) atoms. The highest BCUT2D eigenvalue weighted by atomic mass is 16.5. The summed E-state index contributed by atoms with van der Waals surface area (Å²) in [7, 11) is 1.73. The van der Waals surface area contributed by atoms with Gasteiger partial charge in [0.2, 0.25) is 0 Å². The van der Waals surface area contributed by atoms with Gasteiger partial charge in [0.1, 0.15) is 5.75 Å². The minimum absolute atomic E-state index is 0.0746. The van der Waals surface area contributed by atoms with Gasteiger partial charge in [0.05, 0.1) is 18.2 Å². The van der Waals surface area contributed by atoms with Gasteiger partial charge < -0.3 is 9.64 Å². The fraction of sp³-hybridized carbons (Fsp3) is 0.176. The maximum absolute atomic E-state index is 12.5. The summed E-state index contributed by atoms with van der Waals surface area (Å²) in [4.78, 5) is 14.1. The molecule has 2 aromatic carbocycles. The summed E-state index contributed by atoms with van der Waals surface area (Å²) in [5.74, 6) is 0.794. The van der Waals surface area contributed by atoms with Gasteiger partial charge in [0.25, 0.3) is 5.91 Å². The number of hydrogen-bond donors (Lipinski definition) is 0. The van der Waals surface area contributed by atoms with Crippen molar-refractivity contribution in [3.8, 4) is 11.8 Å². The maximum atomic E-state index is 12.5. The van der Waals surface area contributed by atoms with Crippen LogP contribution in [0.4, 0.5) is 5.69 Å². The molecule has 0 radical (unpaired) electrons. The molecule has 0 saturated heterocycles. The first-order valence-electron chi connectivity index (χ1n) is 6.73. The predicted octanol–water partition coefficient (Wildman–Crippen LogP) is 2.77. The predicted molar refractivity (Wildman–Crippen MR) is 79.5 cm³/mol. The lowest BCUT2D eigenvalue weighted by molar-refractivity contribution is 0.0993. The van der Waals surface area contributed by atoms with E-state index < -0.39 is 0 Å². The highest BCUT2D eigenvalue weighted by Gasteiger charge is 2.18. The number of rotatable bonds is 2. The van der Waals surface area contributed by atoms with Crippen molar-refractivity contribution in [1.29, 1.82) is 5.26 Å². The van der Waals surface area contributed by atoms with Crippen LogP contribution < -0.4 is 9.64 Å². The number of fused-ring (bicyclic) bond motifs is 1. The Hall–Kier alpha value is -2.80. The second kappa shape index (κ2) is 5.29. The van der Waals surface area contributed by atoms with E-state index in [4.69, 9.17) is 10.00 Å². The molecule has 3 rings (SSSR count). The van der Waals surface area contributed by atoms with Crippen LogP contribution in [-0.2, 0) is 6.42 Å². The molecular formula is C17H14N2O2. The van der Waals surface area contributed by atoms with Gasteiger partial charge in [-0.3, -0.25) is 4.79 Å². The van der Waals surface area contributed by atoms with Gasteiger partial charge in [-0.25, -0.2) is 0 Å². The minimum atomic E-state index is -0.0746. The van der Waals surface area contributed by atoms with E-state index in [-0.39, 0.29) is 5.91 Å². The molecule has 4 nitrogen and oxygen atoms in total. The second-order valence-corrected chi connectivity index (χ2v) is 4.94. The normalized spacial score (nSPS) is 12.2. The molecule has 0 bridgehead atoms. The SMILES string of the molecule is CN(C(=O)c1ccc2c(c1)CCO2)c1ccc(C#N)cc1. The summed E-state index contributed by atoms with van der Waals surface area (Å²) >= 11 is 0. The van der Waals surface area contributed by atoms with Gasteiger partial charge >= 0.3 is 0 Å².